The van der Waals surface area contributed by atoms with Gasteiger partial charge in [0.25, 0.3) is 0 Å². The fourth-order valence-corrected chi connectivity index (χ4v) is 2.36. The van der Waals surface area contributed by atoms with Crippen molar-refractivity contribution in [3.63, 3.8) is 0 Å². The van der Waals surface area contributed by atoms with Crippen molar-refractivity contribution < 1.29 is 14.3 Å². The Labute approximate surface area is 145 Å². The first-order chi connectivity index (χ1) is 11.2. The fraction of sp³-hybridized carbons (Fsp3) is 0.294. The van der Waals surface area contributed by atoms with Crippen LogP contribution in [0.4, 0.5) is 0 Å². The van der Waals surface area contributed by atoms with Crippen molar-refractivity contribution in [3.05, 3.63) is 48.7 Å². The molecule has 0 aliphatic heterocycles. The predicted molar refractivity (Wildman–Crippen MR) is 97.0 cm³/mol. The minimum Gasteiger partial charge on any atom is -0.491 e. The number of aromatic nitrogens is 1. The minimum absolute atomic E-state index is 0.0321. The van der Waals surface area contributed by atoms with Crippen molar-refractivity contribution >= 4 is 28.2 Å². The van der Waals surface area contributed by atoms with Crippen molar-refractivity contribution in [1.29, 1.82) is 0 Å². The first-order valence-electron chi connectivity index (χ1n) is 7.25. The average molecular weight is 349 g/mol. The molecule has 23 heavy (non-hydrogen) atoms. The van der Waals surface area contributed by atoms with Crippen LogP contribution >= 0.6 is 22.5 Å². The number of carbonyl (C=O) groups is 1. The Morgan fingerprint density at radius 1 is 1.22 bits per heavy atom. The first kappa shape index (κ1) is 17.8. The number of benzene rings is 1. The van der Waals surface area contributed by atoms with E-state index in [0.717, 1.165) is 17.0 Å². The maximum absolute atomic E-state index is 11.5. The minimum atomic E-state index is -0.154. The molecular formula is C17H19NO3S2. The second-order valence-corrected chi connectivity index (χ2v) is 6.40. The van der Waals surface area contributed by atoms with Gasteiger partial charge in [0.15, 0.2) is 5.78 Å². The summed E-state index contributed by atoms with van der Waals surface area (Å²) < 4.78 is 10.9. The van der Waals surface area contributed by atoms with E-state index in [1.807, 2.05) is 49.4 Å². The number of hydrogen-bond donors (Lipinski definition) is 1. The van der Waals surface area contributed by atoms with E-state index < -0.39 is 0 Å². The van der Waals surface area contributed by atoms with Crippen LogP contribution in [-0.4, -0.2) is 35.8 Å². The summed E-state index contributed by atoms with van der Waals surface area (Å²) in [6.07, 6.45) is 1.77. The Balaban J connectivity index is 1.72. The van der Waals surface area contributed by atoms with E-state index in [-0.39, 0.29) is 17.6 Å². The van der Waals surface area contributed by atoms with Gasteiger partial charge in [-0.15, -0.1) is 11.7 Å². The molecule has 0 radical (unpaired) electrons. The zero-order valence-corrected chi connectivity index (χ0v) is 14.6. The van der Waals surface area contributed by atoms with Gasteiger partial charge in [-0.25, -0.2) is 0 Å². The molecule has 2 rings (SSSR count). The summed E-state index contributed by atoms with van der Waals surface area (Å²) in [5.41, 5.74) is 1.97. The van der Waals surface area contributed by atoms with Crippen LogP contribution in [0, 0.1) is 0 Å². The molecule has 0 saturated carbocycles. The molecule has 1 aromatic heterocycles. The number of hydrogen-bond acceptors (Lipinski definition) is 6. The number of nitrogens with zero attached hydrogens (tertiary/aromatic N) is 1. The number of Topliss-reactive ketones (excluding diaryl/α,β-unsaturated/α-hetero) is 1. The van der Waals surface area contributed by atoms with E-state index in [1.54, 1.807) is 6.20 Å². The molecule has 0 saturated heterocycles. The maximum Gasteiger partial charge on any atom is 0.171 e. The summed E-state index contributed by atoms with van der Waals surface area (Å²) in [4.78, 5) is 15.8. The van der Waals surface area contributed by atoms with Gasteiger partial charge in [-0.1, -0.05) is 16.9 Å². The number of thiol groups is 1. The molecule has 4 nitrogen and oxygen atoms in total. The smallest absolute Gasteiger partial charge is 0.171 e. The summed E-state index contributed by atoms with van der Waals surface area (Å²) in [5.74, 6) is 0.795. The van der Waals surface area contributed by atoms with E-state index >= 15 is 0 Å². The van der Waals surface area contributed by atoms with Gasteiger partial charge in [-0.05, 0) is 43.3 Å². The van der Waals surface area contributed by atoms with E-state index in [0.29, 0.717) is 13.2 Å². The first-order valence-corrected chi connectivity index (χ1v) is 9.19. The molecule has 0 amide bonds. The van der Waals surface area contributed by atoms with Gasteiger partial charge < -0.3 is 9.47 Å². The summed E-state index contributed by atoms with van der Waals surface area (Å²) >= 11 is 4.01. The maximum atomic E-state index is 11.5. The third-order valence-electron chi connectivity index (χ3n) is 3.17. The van der Waals surface area contributed by atoms with Gasteiger partial charge in [0.2, 0.25) is 0 Å². The molecule has 1 aromatic carbocycles. The molecule has 1 atom stereocenters. The third kappa shape index (κ3) is 5.89. The van der Waals surface area contributed by atoms with E-state index in [9.17, 15) is 4.79 Å². The number of ether oxygens (including phenoxy) is 2. The molecule has 1 unspecified atom stereocenters. The monoisotopic (exact) mass is 349 g/mol. The van der Waals surface area contributed by atoms with Gasteiger partial charge in [-0.3, -0.25) is 9.78 Å². The molecule has 0 fully saturated rings. The Morgan fingerprint density at radius 3 is 2.65 bits per heavy atom. The zero-order valence-electron chi connectivity index (χ0n) is 12.8. The molecule has 122 valence electrons. The molecule has 0 aliphatic carbocycles. The second-order valence-electron chi connectivity index (χ2n) is 4.85. The van der Waals surface area contributed by atoms with Gasteiger partial charge in [-0.2, -0.15) is 0 Å². The molecule has 6 heteroatoms. The third-order valence-corrected chi connectivity index (χ3v) is 4.70. The molecular weight excluding hydrogens is 330 g/mol. The quantitative estimate of drug-likeness (QED) is 0.425. The Hall–Kier alpha value is -1.50. The molecule has 0 N–H and O–H groups in total. The number of pyridine rings is 1. The highest BCUT2D eigenvalue weighted by Gasteiger charge is 2.11. The van der Waals surface area contributed by atoms with E-state index in [4.69, 9.17) is 9.47 Å². The highest BCUT2D eigenvalue weighted by molar-refractivity contribution is 8.69. The van der Waals surface area contributed by atoms with Crippen molar-refractivity contribution in [2.24, 2.45) is 0 Å². The standard InChI is InChI=1S/C17H19NO3S2/c1-13(23-22)17(19)12-20-10-11-21-15-7-5-14(6-8-15)16-4-2-3-9-18-16/h2-9,13,22H,10-12H2,1H3. The van der Waals surface area contributed by atoms with Gasteiger partial charge in [0, 0.05) is 11.8 Å². The summed E-state index contributed by atoms with van der Waals surface area (Å²) in [5, 5.41) is -0.154. The lowest BCUT2D eigenvalue weighted by atomic mass is 10.1. The topological polar surface area (TPSA) is 48.4 Å². The summed E-state index contributed by atoms with van der Waals surface area (Å²) in [6, 6.07) is 13.5. The van der Waals surface area contributed by atoms with Crippen molar-refractivity contribution in [3.8, 4) is 17.0 Å². The zero-order chi connectivity index (χ0) is 16.5. The van der Waals surface area contributed by atoms with Crippen LogP contribution in [0.25, 0.3) is 11.3 Å². The van der Waals surface area contributed by atoms with Crippen molar-refractivity contribution in [1.82, 2.24) is 4.98 Å². The van der Waals surface area contributed by atoms with Gasteiger partial charge in [0.05, 0.1) is 17.6 Å². The lowest BCUT2D eigenvalue weighted by Gasteiger charge is -2.09. The highest BCUT2D eigenvalue weighted by atomic mass is 33.1. The van der Waals surface area contributed by atoms with Crippen LogP contribution in [0.3, 0.4) is 0 Å². The van der Waals surface area contributed by atoms with Gasteiger partial charge in [0.1, 0.15) is 19.0 Å². The summed E-state index contributed by atoms with van der Waals surface area (Å²) in [6.45, 7) is 2.68. The average Bonchev–Trinajstić information content (AvgIpc) is 2.61. The number of carbonyl (C=O) groups excluding carboxylic acids is 1. The highest BCUT2D eigenvalue weighted by Crippen LogP contribution is 2.20. The number of ketones is 1. The van der Waals surface area contributed by atoms with Crippen LogP contribution in [0.1, 0.15) is 6.92 Å². The largest absolute Gasteiger partial charge is 0.491 e. The molecule has 1 heterocycles. The Bertz CT molecular complexity index is 605. The second kappa shape index (κ2) is 9.60. The normalized spacial score (nSPS) is 11.9. The summed E-state index contributed by atoms with van der Waals surface area (Å²) in [7, 11) is 1.22. The molecule has 2 aromatic rings. The Morgan fingerprint density at radius 2 is 2.00 bits per heavy atom. The fourth-order valence-electron chi connectivity index (χ4n) is 1.82. The van der Waals surface area contributed by atoms with Crippen LogP contribution in [0.5, 0.6) is 5.75 Å². The SMILES string of the molecule is CC(SS)C(=O)COCCOc1ccc(-c2ccccn2)cc1. The number of rotatable bonds is 9. The van der Waals surface area contributed by atoms with Crippen LogP contribution in [0.2, 0.25) is 0 Å². The van der Waals surface area contributed by atoms with Crippen LogP contribution in [0.15, 0.2) is 48.7 Å². The van der Waals surface area contributed by atoms with Crippen LogP contribution < -0.4 is 4.74 Å². The lowest BCUT2D eigenvalue weighted by molar-refractivity contribution is -0.122. The van der Waals surface area contributed by atoms with Crippen LogP contribution in [-0.2, 0) is 9.53 Å². The molecule has 0 aliphatic rings. The van der Waals surface area contributed by atoms with Crippen molar-refractivity contribution in [2.75, 3.05) is 19.8 Å². The molecule has 0 spiro atoms. The van der Waals surface area contributed by atoms with Gasteiger partial charge >= 0.3 is 0 Å². The van der Waals surface area contributed by atoms with E-state index in [1.165, 1.54) is 10.8 Å². The molecule has 0 bridgehead atoms. The predicted octanol–water partition coefficient (Wildman–Crippen LogP) is 3.68. The van der Waals surface area contributed by atoms with Crippen molar-refractivity contribution in [2.45, 2.75) is 12.2 Å². The lowest BCUT2D eigenvalue weighted by Crippen LogP contribution is -2.20. The Kier molecular flexibility index (Phi) is 7.45. The van der Waals surface area contributed by atoms with E-state index in [2.05, 4.69) is 16.6 Å².